The topological polar surface area (TPSA) is 86.1 Å². The van der Waals surface area contributed by atoms with Crippen molar-refractivity contribution in [2.24, 2.45) is 0 Å². The summed E-state index contributed by atoms with van der Waals surface area (Å²) in [5.74, 6) is 0.678. The largest absolute Gasteiger partial charge is 0.494 e. The lowest BCUT2D eigenvalue weighted by Gasteiger charge is -2.13. The maximum atomic E-state index is 13.7. The highest BCUT2D eigenvalue weighted by Gasteiger charge is 2.24. The summed E-state index contributed by atoms with van der Waals surface area (Å²) in [6, 6.07) is 7.40. The van der Waals surface area contributed by atoms with E-state index in [0.29, 0.717) is 28.0 Å². The van der Waals surface area contributed by atoms with Gasteiger partial charge >= 0.3 is 0 Å². The number of nitrogens with zero attached hydrogens (tertiary/aromatic N) is 3. The Morgan fingerprint density at radius 1 is 1.28 bits per heavy atom. The number of hydrogen-bond donors (Lipinski definition) is 1. The summed E-state index contributed by atoms with van der Waals surface area (Å²) in [7, 11) is 0. The SMILES string of the molecule is CCOc1ccc(-n2c(SCC(=O)Nc3nccs3)nc3sc4c(c3c2=O)CCC4)cc1. The summed E-state index contributed by atoms with van der Waals surface area (Å²) >= 11 is 4.21. The van der Waals surface area contributed by atoms with Gasteiger partial charge in [-0.25, -0.2) is 9.97 Å². The minimum atomic E-state index is -0.189. The molecule has 1 aromatic carbocycles. The van der Waals surface area contributed by atoms with Crippen molar-refractivity contribution in [3.8, 4) is 11.4 Å². The van der Waals surface area contributed by atoms with E-state index in [2.05, 4.69) is 10.3 Å². The molecule has 1 amide bonds. The van der Waals surface area contributed by atoms with E-state index in [9.17, 15) is 9.59 Å². The number of thiazole rings is 1. The van der Waals surface area contributed by atoms with E-state index < -0.39 is 0 Å². The van der Waals surface area contributed by atoms with E-state index in [1.807, 2.05) is 31.2 Å². The molecule has 32 heavy (non-hydrogen) atoms. The molecular weight excluding hydrogens is 464 g/mol. The number of nitrogens with one attached hydrogen (secondary N) is 1. The molecule has 0 spiro atoms. The van der Waals surface area contributed by atoms with Crippen molar-refractivity contribution in [1.29, 1.82) is 0 Å². The molecule has 0 unspecified atom stereocenters. The molecule has 0 saturated carbocycles. The number of carbonyl (C=O) groups is 1. The van der Waals surface area contributed by atoms with Gasteiger partial charge in [0.05, 0.1) is 23.4 Å². The van der Waals surface area contributed by atoms with Crippen LogP contribution in [0.5, 0.6) is 5.75 Å². The number of thioether (sulfide) groups is 1. The number of anilines is 1. The Kier molecular flexibility index (Phi) is 5.99. The minimum Gasteiger partial charge on any atom is -0.494 e. The van der Waals surface area contributed by atoms with Gasteiger partial charge in [0, 0.05) is 16.5 Å². The van der Waals surface area contributed by atoms with E-state index in [1.165, 1.54) is 28.0 Å². The first-order chi connectivity index (χ1) is 15.6. The molecule has 7 nitrogen and oxygen atoms in total. The van der Waals surface area contributed by atoms with E-state index in [4.69, 9.17) is 9.72 Å². The Bertz CT molecular complexity index is 1330. The second-order valence-corrected chi connectivity index (χ2v) is 10.1. The first-order valence-corrected chi connectivity index (χ1v) is 12.9. The Labute approximate surface area is 196 Å². The first kappa shape index (κ1) is 21.2. The van der Waals surface area contributed by atoms with Gasteiger partial charge in [0.2, 0.25) is 5.91 Å². The first-order valence-electron chi connectivity index (χ1n) is 10.3. The van der Waals surface area contributed by atoms with E-state index in [0.717, 1.165) is 35.4 Å². The van der Waals surface area contributed by atoms with Crippen LogP contribution >= 0.6 is 34.4 Å². The van der Waals surface area contributed by atoms with Crippen molar-refractivity contribution < 1.29 is 9.53 Å². The highest BCUT2D eigenvalue weighted by Crippen LogP contribution is 2.36. The number of rotatable bonds is 7. The highest BCUT2D eigenvalue weighted by molar-refractivity contribution is 7.99. The van der Waals surface area contributed by atoms with Crippen LogP contribution in [0.3, 0.4) is 0 Å². The number of ether oxygens (including phenoxy) is 1. The number of hydrogen-bond acceptors (Lipinski definition) is 8. The minimum absolute atomic E-state index is 0.0820. The zero-order chi connectivity index (χ0) is 22.1. The molecule has 0 atom stereocenters. The second-order valence-electron chi connectivity index (χ2n) is 7.17. The number of aryl methyl sites for hydroxylation is 2. The smallest absolute Gasteiger partial charge is 0.267 e. The van der Waals surface area contributed by atoms with Crippen LogP contribution in [0, 0.1) is 0 Å². The number of aromatic nitrogens is 3. The molecule has 1 N–H and O–H groups in total. The van der Waals surface area contributed by atoms with Crippen molar-refractivity contribution in [1.82, 2.24) is 14.5 Å². The zero-order valence-corrected chi connectivity index (χ0v) is 19.7. The summed E-state index contributed by atoms with van der Waals surface area (Å²) in [4.78, 5) is 37.0. The normalized spacial score (nSPS) is 12.8. The van der Waals surface area contributed by atoms with Gasteiger partial charge in [0.15, 0.2) is 10.3 Å². The molecule has 5 rings (SSSR count). The molecule has 0 saturated heterocycles. The van der Waals surface area contributed by atoms with Gasteiger partial charge in [-0.05, 0) is 56.0 Å². The molecule has 0 aliphatic heterocycles. The quantitative estimate of drug-likeness (QED) is 0.307. The van der Waals surface area contributed by atoms with Crippen molar-refractivity contribution in [2.75, 3.05) is 17.7 Å². The third-order valence-corrected chi connectivity index (χ3v) is 7.94. The molecule has 3 heterocycles. The Hall–Kier alpha value is -2.69. The monoisotopic (exact) mass is 484 g/mol. The van der Waals surface area contributed by atoms with Crippen LogP contribution in [0.15, 0.2) is 45.8 Å². The number of carbonyl (C=O) groups excluding carboxylic acids is 1. The third-order valence-electron chi connectivity index (χ3n) is 5.13. The van der Waals surface area contributed by atoms with Gasteiger partial charge < -0.3 is 10.1 Å². The lowest BCUT2D eigenvalue weighted by atomic mass is 10.2. The Morgan fingerprint density at radius 2 is 2.12 bits per heavy atom. The van der Waals surface area contributed by atoms with Gasteiger partial charge in [0.25, 0.3) is 5.56 Å². The summed E-state index contributed by atoms with van der Waals surface area (Å²) < 4.78 is 7.16. The van der Waals surface area contributed by atoms with Crippen molar-refractivity contribution in [2.45, 2.75) is 31.3 Å². The lowest BCUT2D eigenvalue weighted by Crippen LogP contribution is -2.23. The lowest BCUT2D eigenvalue weighted by molar-refractivity contribution is -0.113. The summed E-state index contributed by atoms with van der Waals surface area (Å²) in [6.07, 6.45) is 4.63. The molecule has 0 radical (unpaired) electrons. The van der Waals surface area contributed by atoms with Crippen LogP contribution in [-0.4, -0.2) is 32.8 Å². The molecule has 4 aromatic rings. The molecule has 1 aliphatic carbocycles. The van der Waals surface area contributed by atoms with E-state index in [1.54, 1.807) is 27.5 Å². The van der Waals surface area contributed by atoms with Gasteiger partial charge in [-0.2, -0.15) is 0 Å². The Balaban J connectivity index is 1.53. The summed E-state index contributed by atoms with van der Waals surface area (Å²) in [5, 5.41) is 6.35. The van der Waals surface area contributed by atoms with Crippen LogP contribution < -0.4 is 15.6 Å². The zero-order valence-electron chi connectivity index (χ0n) is 17.3. The van der Waals surface area contributed by atoms with Crippen LogP contribution in [0.25, 0.3) is 15.9 Å². The number of amides is 1. The van der Waals surface area contributed by atoms with Crippen LogP contribution in [0.2, 0.25) is 0 Å². The fraction of sp³-hybridized carbons (Fsp3) is 0.273. The summed E-state index contributed by atoms with van der Waals surface area (Å²) in [5.41, 5.74) is 1.76. The molecule has 1 aliphatic rings. The fourth-order valence-corrected chi connectivity index (χ4v) is 6.44. The van der Waals surface area contributed by atoms with Gasteiger partial charge in [-0.3, -0.25) is 14.2 Å². The van der Waals surface area contributed by atoms with E-state index in [-0.39, 0.29) is 17.2 Å². The predicted molar refractivity (Wildman–Crippen MR) is 130 cm³/mol. The van der Waals surface area contributed by atoms with Gasteiger partial charge in [-0.1, -0.05) is 11.8 Å². The van der Waals surface area contributed by atoms with Crippen molar-refractivity contribution in [3.05, 3.63) is 56.6 Å². The van der Waals surface area contributed by atoms with E-state index >= 15 is 0 Å². The standard InChI is InChI=1S/C22H20N4O3S3/c1-2-29-14-8-6-13(7-9-14)26-20(28)18-15-4-3-5-16(15)32-19(18)25-22(26)31-12-17(27)24-21-23-10-11-30-21/h6-11H,2-5,12H2,1H3,(H,23,24,27). The number of fused-ring (bicyclic) bond motifs is 3. The van der Waals surface area contributed by atoms with Crippen LogP contribution in [0.1, 0.15) is 23.8 Å². The molecule has 3 aromatic heterocycles. The third kappa shape index (κ3) is 4.05. The van der Waals surface area contributed by atoms with Crippen molar-refractivity contribution in [3.63, 3.8) is 0 Å². The fourth-order valence-electron chi connectivity index (χ4n) is 3.78. The molecule has 164 valence electrons. The molecule has 0 fully saturated rings. The van der Waals surface area contributed by atoms with Crippen molar-refractivity contribution >= 4 is 55.7 Å². The summed E-state index contributed by atoms with van der Waals surface area (Å²) in [6.45, 7) is 2.50. The molecule has 10 heteroatoms. The molecular formula is C22H20N4O3S3. The maximum absolute atomic E-state index is 13.7. The number of benzene rings is 1. The average Bonchev–Trinajstić information content (AvgIpc) is 3.51. The Morgan fingerprint density at radius 3 is 2.88 bits per heavy atom. The molecule has 0 bridgehead atoms. The number of thiophene rings is 1. The second kappa shape index (κ2) is 9.05. The van der Waals surface area contributed by atoms with Crippen LogP contribution in [-0.2, 0) is 17.6 Å². The van der Waals surface area contributed by atoms with Gasteiger partial charge in [0.1, 0.15) is 10.6 Å². The maximum Gasteiger partial charge on any atom is 0.267 e. The highest BCUT2D eigenvalue weighted by atomic mass is 32.2. The average molecular weight is 485 g/mol. The van der Waals surface area contributed by atoms with Crippen LogP contribution in [0.4, 0.5) is 5.13 Å². The predicted octanol–water partition coefficient (Wildman–Crippen LogP) is 4.52. The van der Waals surface area contributed by atoms with Gasteiger partial charge in [-0.15, -0.1) is 22.7 Å².